The Kier molecular flexibility index (Phi) is 5.10. The van der Waals surface area contributed by atoms with E-state index < -0.39 is 0 Å². The summed E-state index contributed by atoms with van der Waals surface area (Å²) in [6.45, 7) is 0.846. The van der Waals surface area contributed by atoms with E-state index in [1.807, 2.05) is 18.0 Å². The first kappa shape index (κ1) is 14.7. The highest BCUT2D eigenvalue weighted by atomic mass is 35.5. The molecule has 2 heterocycles. The molecule has 0 saturated heterocycles. The van der Waals surface area contributed by atoms with Gasteiger partial charge in [0.2, 0.25) is 0 Å². The number of rotatable bonds is 3. The second-order valence-corrected chi connectivity index (χ2v) is 6.56. The summed E-state index contributed by atoms with van der Waals surface area (Å²) in [5.41, 5.74) is 7.06. The largest absolute Gasteiger partial charge is 0.375 e. The maximum atomic E-state index is 5.64. The van der Waals surface area contributed by atoms with Gasteiger partial charge in [0.1, 0.15) is 0 Å². The van der Waals surface area contributed by atoms with Crippen LogP contribution in [-0.4, -0.2) is 10.7 Å². The molecular formula is C13H16ClN3S2. The molecule has 1 aliphatic rings. The van der Waals surface area contributed by atoms with Crippen molar-refractivity contribution in [2.45, 2.75) is 23.9 Å². The van der Waals surface area contributed by atoms with Crippen molar-refractivity contribution in [1.29, 1.82) is 0 Å². The number of nitrogen functional groups attached to an aromatic ring is 1. The van der Waals surface area contributed by atoms with E-state index in [1.54, 1.807) is 11.3 Å². The number of hydrogen-bond acceptors (Lipinski definition) is 5. The maximum absolute atomic E-state index is 5.64. The monoisotopic (exact) mass is 313 g/mol. The van der Waals surface area contributed by atoms with Gasteiger partial charge in [0, 0.05) is 28.6 Å². The number of halogens is 1. The Hall–Kier alpha value is -0.750. The molecule has 102 valence electrons. The molecule has 0 spiro atoms. The van der Waals surface area contributed by atoms with Crippen LogP contribution in [0.1, 0.15) is 22.9 Å². The second kappa shape index (κ2) is 6.61. The van der Waals surface area contributed by atoms with Gasteiger partial charge in [-0.05, 0) is 23.8 Å². The molecule has 0 radical (unpaired) electrons. The van der Waals surface area contributed by atoms with Crippen LogP contribution >= 0.6 is 35.5 Å². The van der Waals surface area contributed by atoms with Gasteiger partial charge < -0.3 is 11.1 Å². The van der Waals surface area contributed by atoms with Gasteiger partial charge in [-0.25, -0.2) is 4.98 Å². The third kappa shape index (κ3) is 3.42. The molecule has 1 aromatic heterocycles. The highest BCUT2D eigenvalue weighted by molar-refractivity contribution is 7.99. The number of nitrogens with two attached hydrogens (primary N) is 1. The predicted octanol–water partition coefficient (Wildman–Crippen LogP) is 3.47. The summed E-state index contributed by atoms with van der Waals surface area (Å²) in [4.78, 5) is 6.68. The van der Waals surface area contributed by atoms with Crippen LogP contribution < -0.4 is 11.1 Å². The summed E-state index contributed by atoms with van der Waals surface area (Å²) in [6, 6.07) is 9.10. The van der Waals surface area contributed by atoms with Crippen molar-refractivity contribution in [2.24, 2.45) is 0 Å². The van der Waals surface area contributed by atoms with E-state index in [1.165, 1.54) is 27.5 Å². The Bertz CT molecular complexity index is 544. The minimum atomic E-state index is 0. The number of hydrogen-bond donors (Lipinski definition) is 2. The summed E-state index contributed by atoms with van der Waals surface area (Å²) in [6.07, 6.45) is 3.03. The Morgan fingerprint density at radius 2 is 2.21 bits per heavy atom. The number of thioether (sulfide) groups is 1. The molecule has 0 aliphatic carbocycles. The molecule has 3 nitrogen and oxygen atoms in total. The van der Waals surface area contributed by atoms with Crippen LogP contribution in [0.5, 0.6) is 0 Å². The lowest BCUT2D eigenvalue weighted by molar-refractivity contribution is 0.512. The predicted molar refractivity (Wildman–Crippen MR) is 85.1 cm³/mol. The van der Waals surface area contributed by atoms with Gasteiger partial charge in [-0.1, -0.05) is 18.2 Å². The van der Waals surface area contributed by atoms with E-state index in [0.717, 1.165) is 6.54 Å². The summed E-state index contributed by atoms with van der Waals surface area (Å²) in [7, 11) is 0. The van der Waals surface area contributed by atoms with Crippen molar-refractivity contribution < 1.29 is 0 Å². The number of fused-ring (bicyclic) bond motifs is 1. The molecule has 1 aromatic carbocycles. The van der Waals surface area contributed by atoms with Gasteiger partial charge in [-0.3, -0.25) is 0 Å². The highest BCUT2D eigenvalue weighted by Gasteiger charge is 2.19. The molecule has 0 amide bonds. The molecule has 1 aliphatic heterocycles. The summed E-state index contributed by atoms with van der Waals surface area (Å²) in [5.74, 6) is 1.18. The van der Waals surface area contributed by atoms with E-state index in [9.17, 15) is 0 Å². The van der Waals surface area contributed by atoms with Crippen molar-refractivity contribution in [3.63, 3.8) is 0 Å². The van der Waals surface area contributed by atoms with Crippen LogP contribution in [0.4, 0.5) is 5.13 Å². The molecule has 1 atom stereocenters. The highest BCUT2D eigenvalue weighted by Crippen LogP contribution is 2.36. The molecule has 1 unspecified atom stereocenters. The van der Waals surface area contributed by atoms with Gasteiger partial charge in [0.25, 0.3) is 0 Å². The first-order valence-electron chi connectivity index (χ1n) is 5.98. The van der Waals surface area contributed by atoms with E-state index in [2.05, 4.69) is 34.6 Å². The summed E-state index contributed by atoms with van der Waals surface area (Å²) < 4.78 is 0. The van der Waals surface area contributed by atoms with Crippen LogP contribution in [0.2, 0.25) is 0 Å². The Labute approximate surface area is 127 Å². The average Bonchev–Trinajstić information content (AvgIpc) is 2.82. The van der Waals surface area contributed by atoms with Gasteiger partial charge >= 0.3 is 0 Å². The normalized spacial score (nSPS) is 17.6. The zero-order chi connectivity index (χ0) is 12.4. The molecule has 3 N–H and O–H groups in total. The number of aromatic nitrogens is 1. The molecule has 6 heteroatoms. The lowest BCUT2D eigenvalue weighted by Crippen LogP contribution is -2.23. The van der Waals surface area contributed by atoms with Crippen LogP contribution in [0.15, 0.2) is 35.4 Å². The Balaban J connectivity index is 0.00000133. The van der Waals surface area contributed by atoms with Crippen molar-refractivity contribution >= 4 is 40.6 Å². The molecule has 19 heavy (non-hydrogen) atoms. The van der Waals surface area contributed by atoms with Crippen LogP contribution in [0.3, 0.4) is 0 Å². The van der Waals surface area contributed by atoms with Gasteiger partial charge in [0.05, 0.1) is 0 Å². The smallest absolute Gasteiger partial charge is 0.180 e. The van der Waals surface area contributed by atoms with E-state index >= 15 is 0 Å². The van der Waals surface area contributed by atoms with Gasteiger partial charge in [-0.15, -0.1) is 35.5 Å². The topological polar surface area (TPSA) is 50.9 Å². The minimum absolute atomic E-state index is 0. The maximum Gasteiger partial charge on any atom is 0.180 e. The number of nitrogens with one attached hydrogen (secondary N) is 1. The molecule has 2 aromatic rings. The number of anilines is 1. The first-order valence-corrected chi connectivity index (χ1v) is 7.78. The number of nitrogens with zero attached hydrogens (tertiary/aromatic N) is 1. The Morgan fingerprint density at radius 1 is 1.37 bits per heavy atom. The third-order valence-electron chi connectivity index (χ3n) is 3.05. The van der Waals surface area contributed by atoms with Crippen LogP contribution in [-0.2, 0) is 6.54 Å². The van der Waals surface area contributed by atoms with E-state index in [-0.39, 0.29) is 12.4 Å². The first-order chi connectivity index (χ1) is 8.83. The van der Waals surface area contributed by atoms with Crippen molar-refractivity contribution in [2.75, 3.05) is 11.5 Å². The molecule has 0 saturated carbocycles. The van der Waals surface area contributed by atoms with Gasteiger partial charge in [0.15, 0.2) is 5.13 Å². The third-order valence-corrected chi connectivity index (χ3v) is 5.00. The average molecular weight is 314 g/mol. The summed E-state index contributed by atoms with van der Waals surface area (Å²) in [5, 5.41) is 4.25. The van der Waals surface area contributed by atoms with Gasteiger partial charge in [-0.2, -0.15) is 0 Å². The fourth-order valence-electron chi connectivity index (χ4n) is 2.18. The summed E-state index contributed by atoms with van der Waals surface area (Å²) >= 11 is 3.51. The van der Waals surface area contributed by atoms with Crippen LogP contribution in [0, 0.1) is 0 Å². The van der Waals surface area contributed by atoms with E-state index in [0.29, 0.717) is 11.2 Å². The minimum Gasteiger partial charge on any atom is -0.375 e. The lowest BCUT2D eigenvalue weighted by Gasteiger charge is -2.25. The van der Waals surface area contributed by atoms with Crippen molar-refractivity contribution in [3.05, 3.63) is 40.9 Å². The fourth-order valence-corrected chi connectivity index (χ4v) is 3.94. The number of benzene rings is 1. The second-order valence-electron chi connectivity index (χ2n) is 4.27. The SMILES string of the molecule is Cl.Nc1ncc(CNC2CCSc3ccccc32)s1. The quantitative estimate of drug-likeness (QED) is 0.911. The number of thiazole rings is 1. The molecule has 0 fully saturated rings. The zero-order valence-corrected chi connectivity index (χ0v) is 12.8. The van der Waals surface area contributed by atoms with Crippen molar-refractivity contribution in [1.82, 2.24) is 10.3 Å². The van der Waals surface area contributed by atoms with Crippen LogP contribution in [0.25, 0.3) is 0 Å². The molecular weight excluding hydrogens is 298 g/mol. The lowest BCUT2D eigenvalue weighted by atomic mass is 10.0. The molecule has 0 bridgehead atoms. The van der Waals surface area contributed by atoms with Crippen molar-refractivity contribution in [3.8, 4) is 0 Å². The Morgan fingerprint density at radius 3 is 3.00 bits per heavy atom. The zero-order valence-electron chi connectivity index (χ0n) is 10.3. The fraction of sp³-hybridized carbons (Fsp3) is 0.308. The standard InChI is InChI=1S/C13H15N3S2.ClH/c14-13-16-8-9(18-13)7-15-11-5-6-17-12-4-2-1-3-10(11)12;/h1-4,8,11,15H,5-7H2,(H2,14,16);1H. The van der Waals surface area contributed by atoms with E-state index in [4.69, 9.17) is 5.73 Å². The molecule has 3 rings (SSSR count).